The van der Waals surface area contributed by atoms with Crippen molar-refractivity contribution in [2.24, 2.45) is 5.92 Å². The number of hydrogen-bond acceptors (Lipinski definition) is 12. The van der Waals surface area contributed by atoms with E-state index < -0.39 is 65.7 Å². The Hall–Kier alpha value is -2.95. The number of hydrogen-bond donors (Lipinski definition) is 2. The van der Waals surface area contributed by atoms with E-state index in [2.05, 4.69) is 5.32 Å². The molecule has 1 aromatic carbocycles. The fourth-order valence-electron chi connectivity index (χ4n) is 6.43. The zero-order valence-corrected chi connectivity index (χ0v) is 32.8. The van der Waals surface area contributed by atoms with Gasteiger partial charge in [0.05, 0.1) is 31.1 Å². The molecule has 2 saturated heterocycles. The molecular weight excluding hydrogens is 722 g/mol. The largest absolute Gasteiger partial charge is 0.495 e. The van der Waals surface area contributed by atoms with Gasteiger partial charge in [0.1, 0.15) is 40.7 Å². The maximum Gasteiger partial charge on any atom is 0.409 e. The summed E-state index contributed by atoms with van der Waals surface area (Å²) >= 11 is 6.74. The number of anilines is 1. The highest BCUT2D eigenvalue weighted by molar-refractivity contribution is 8.76. The molecule has 4 bridgehead atoms. The van der Waals surface area contributed by atoms with E-state index in [0.717, 1.165) is 11.1 Å². The summed E-state index contributed by atoms with van der Waals surface area (Å²) in [5, 5.41) is 14.4. The number of aliphatic hydroxyl groups is 1. The van der Waals surface area contributed by atoms with Crippen LogP contribution >= 0.6 is 33.2 Å². The van der Waals surface area contributed by atoms with Crippen molar-refractivity contribution in [1.82, 2.24) is 10.2 Å². The molecule has 0 aliphatic carbocycles. The third-order valence-corrected chi connectivity index (χ3v) is 11.9. The Morgan fingerprint density at radius 1 is 1.27 bits per heavy atom. The van der Waals surface area contributed by atoms with E-state index in [-0.39, 0.29) is 29.5 Å². The Balaban J connectivity index is 1.76. The molecule has 4 rings (SSSR count). The van der Waals surface area contributed by atoms with Crippen LogP contribution in [-0.2, 0) is 39.8 Å². The van der Waals surface area contributed by atoms with Gasteiger partial charge in [-0.15, -0.1) is 0 Å². The number of likely N-dealkylation sites (N-methyl/N-ethyl adjacent to an activating group) is 1. The van der Waals surface area contributed by atoms with Gasteiger partial charge in [-0.05, 0) is 51.1 Å². The van der Waals surface area contributed by atoms with Gasteiger partial charge in [0.25, 0.3) is 0 Å². The number of esters is 1. The molecule has 13 nitrogen and oxygen atoms in total. The van der Waals surface area contributed by atoms with Crippen molar-refractivity contribution in [3.05, 3.63) is 46.5 Å². The minimum absolute atomic E-state index is 0.0460. The lowest BCUT2D eigenvalue weighted by atomic mass is 9.83. The van der Waals surface area contributed by atoms with Crippen molar-refractivity contribution >= 4 is 62.8 Å². The van der Waals surface area contributed by atoms with Crippen molar-refractivity contribution in [3.63, 3.8) is 0 Å². The summed E-state index contributed by atoms with van der Waals surface area (Å²) in [7, 11) is 8.82. The molecule has 1 aromatic rings. The van der Waals surface area contributed by atoms with Crippen LogP contribution in [0.25, 0.3) is 0 Å². The Morgan fingerprint density at radius 3 is 2.63 bits per heavy atom. The van der Waals surface area contributed by atoms with Crippen LogP contribution in [0.5, 0.6) is 5.75 Å². The molecule has 3 heterocycles. The summed E-state index contributed by atoms with van der Waals surface area (Å²) in [6, 6.07) is 2.62. The van der Waals surface area contributed by atoms with E-state index in [1.807, 2.05) is 19.3 Å². The van der Waals surface area contributed by atoms with Gasteiger partial charge in [0.15, 0.2) is 5.72 Å². The zero-order chi connectivity index (χ0) is 37.8. The van der Waals surface area contributed by atoms with E-state index in [0.29, 0.717) is 17.9 Å². The van der Waals surface area contributed by atoms with Crippen LogP contribution in [0, 0.1) is 5.92 Å². The van der Waals surface area contributed by atoms with Gasteiger partial charge in [0.2, 0.25) is 11.8 Å². The van der Waals surface area contributed by atoms with E-state index in [9.17, 15) is 24.3 Å². The van der Waals surface area contributed by atoms with Crippen LogP contribution in [0.3, 0.4) is 0 Å². The highest BCUT2D eigenvalue weighted by Gasteiger charge is 2.64. The quantitative estimate of drug-likeness (QED) is 0.217. The minimum Gasteiger partial charge on any atom is -0.495 e. The molecule has 0 saturated carbocycles. The molecule has 2 N–H and O–H groups in total. The second kappa shape index (κ2) is 16.8. The lowest BCUT2D eigenvalue weighted by Gasteiger charge is -2.42. The molecule has 0 radical (unpaired) electrons. The molecule has 3 aliphatic rings. The molecule has 2 fully saturated rings. The van der Waals surface area contributed by atoms with Crippen LogP contribution in [-0.4, -0.2) is 116 Å². The number of benzene rings is 1. The molecule has 16 heteroatoms. The maximum atomic E-state index is 14.1. The van der Waals surface area contributed by atoms with E-state index in [1.54, 1.807) is 52.1 Å². The lowest BCUT2D eigenvalue weighted by Crippen LogP contribution is -2.63. The number of allylic oxidation sites excluding steroid dienone is 3. The second-order valence-corrected chi connectivity index (χ2v) is 16.3. The number of nitrogens with zero attached hydrogens (tertiary/aromatic N) is 2. The first kappa shape index (κ1) is 40.8. The predicted octanol–water partition coefficient (Wildman–Crippen LogP) is 4.53. The summed E-state index contributed by atoms with van der Waals surface area (Å²) in [6.45, 7) is 7.00. The van der Waals surface area contributed by atoms with Crippen molar-refractivity contribution in [1.29, 1.82) is 0 Å². The van der Waals surface area contributed by atoms with Gasteiger partial charge < -0.3 is 38.6 Å². The number of carbonyl (C=O) groups excluding carboxylic acids is 4. The molecule has 7 unspecified atom stereocenters. The number of fused-ring (bicyclic) bond motifs is 5. The van der Waals surface area contributed by atoms with Crippen molar-refractivity contribution in [3.8, 4) is 5.75 Å². The lowest BCUT2D eigenvalue weighted by molar-refractivity contribution is -0.161. The normalized spacial score (nSPS) is 31.9. The summed E-state index contributed by atoms with van der Waals surface area (Å²) in [4.78, 5) is 55.9. The molecule has 0 spiro atoms. The summed E-state index contributed by atoms with van der Waals surface area (Å²) in [5.74, 6) is -1.38. The highest BCUT2D eigenvalue weighted by Crippen LogP contribution is 2.49. The topological polar surface area (TPSA) is 156 Å². The zero-order valence-electron chi connectivity index (χ0n) is 30.4. The number of alkyl carbamates (subject to hydrolysis) is 1. The maximum absolute atomic E-state index is 14.1. The highest BCUT2D eigenvalue weighted by atomic mass is 35.5. The van der Waals surface area contributed by atoms with Crippen molar-refractivity contribution in [2.75, 3.05) is 45.2 Å². The molecule has 282 valence electrons. The van der Waals surface area contributed by atoms with E-state index >= 15 is 0 Å². The first-order chi connectivity index (χ1) is 24.0. The van der Waals surface area contributed by atoms with Gasteiger partial charge >= 0.3 is 12.1 Å². The molecule has 0 aromatic heterocycles. The third-order valence-electron chi connectivity index (χ3n) is 9.82. The van der Waals surface area contributed by atoms with Crippen LogP contribution in [0.4, 0.5) is 10.5 Å². The van der Waals surface area contributed by atoms with Gasteiger partial charge in [-0.2, -0.15) is 0 Å². The number of ether oxygens (including phenoxy) is 5. The number of nitrogens with one attached hydrogen (secondary N) is 1. The predicted molar refractivity (Wildman–Crippen MR) is 197 cm³/mol. The van der Waals surface area contributed by atoms with Crippen LogP contribution in [0.1, 0.15) is 46.1 Å². The van der Waals surface area contributed by atoms with Gasteiger partial charge in [-0.25, -0.2) is 9.59 Å². The van der Waals surface area contributed by atoms with E-state index in [1.165, 1.54) is 52.7 Å². The summed E-state index contributed by atoms with van der Waals surface area (Å²) in [6.07, 6.45) is 2.85. The second-order valence-electron chi connectivity index (χ2n) is 13.3. The monoisotopic (exact) mass is 769 g/mol. The molecule has 3 aliphatic heterocycles. The molecule has 51 heavy (non-hydrogen) atoms. The smallest absolute Gasteiger partial charge is 0.409 e. The SMILES string of the molecule is COc1cc2cc(c1Cl)N(C)C(=O)CC(OC(=O)[C@H](C)N(C)C(=O)CSSC)C1(C)OC1C(C)C1CC(O)(NC(=O)O1)C(OC)/C=C/C=C(\C)C2. The van der Waals surface area contributed by atoms with Crippen molar-refractivity contribution < 1.29 is 48.0 Å². The number of amides is 3. The average molecular weight is 770 g/mol. The first-order valence-electron chi connectivity index (χ1n) is 16.5. The van der Waals surface area contributed by atoms with Gasteiger partial charge in [-0.1, -0.05) is 63.9 Å². The summed E-state index contributed by atoms with van der Waals surface area (Å²) < 4.78 is 29.1. The van der Waals surface area contributed by atoms with Crippen molar-refractivity contribution in [2.45, 2.75) is 88.7 Å². The Morgan fingerprint density at radius 2 is 1.98 bits per heavy atom. The average Bonchev–Trinajstić information content (AvgIpc) is 3.79. The molecule has 8 atom stereocenters. The molecular formula is C35H48ClN3O10S2. The number of epoxide rings is 1. The fourth-order valence-corrected chi connectivity index (χ4v) is 7.82. The van der Waals surface area contributed by atoms with Gasteiger partial charge in [0, 0.05) is 33.5 Å². The third kappa shape index (κ3) is 9.17. The van der Waals surface area contributed by atoms with Crippen LogP contribution in [0.15, 0.2) is 35.9 Å². The standard InChI is InChI=1S/C35H48ClN3O10S2/c1-19-11-10-12-26(46-8)35(44)17-25(47-33(43)37-35)20(2)31-34(4,49-31)27(48-32(42)21(3)38(5)29(41)18-51-50-9)16-28(40)39(6)23-14-22(13-19)15-24(45-7)30(23)36/h10-12,14-15,20-21,25-27,31,44H,13,16-18H2,1-9H3,(H,37,43)/b12-10+,19-11+/t20?,21-,25?,26?,27?,31?,34?,35?/m0/s1. The van der Waals surface area contributed by atoms with Gasteiger partial charge in [-0.3, -0.25) is 14.9 Å². The fraction of sp³-hybridized carbons (Fsp3) is 0.600. The Labute approximate surface area is 312 Å². The molecule has 3 amide bonds. The Bertz CT molecular complexity index is 1560. The minimum atomic E-state index is -1.82. The number of halogens is 1. The first-order valence-corrected chi connectivity index (χ1v) is 19.6. The summed E-state index contributed by atoms with van der Waals surface area (Å²) in [5.41, 5.74) is -0.888. The number of rotatable bonds is 8. The number of methoxy groups -OCH3 is 2. The number of carbonyl (C=O) groups is 4. The van der Waals surface area contributed by atoms with Crippen LogP contribution < -0.4 is 15.0 Å². The van der Waals surface area contributed by atoms with E-state index in [4.69, 9.17) is 35.3 Å². The van der Waals surface area contributed by atoms with Crippen LogP contribution in [0.2, 0.25) is 5.02 Å². The Kier molecular flexibility index (Phi) is 13.5.